The van der Waals surface area contributed by atoms with E-state index in [0.29, 0.717) is 22.3 Å². The molecule has 0 aliphatic heterocycles. The van der Waals surface area contributed by atoms with Gasteiger partial charge >= 0.3 is 0 Å². The summed E-state index contributed by atoms with van der Waals surface area (Å²) in [5, 5.41) is 19.3. The maximum absolute atomic E-state index is 13.4. The number of fused-ring (bicyclic) bond motifs is 3. The van der Waals surface area contributed by atoms with E-state index in [1.165, 1.54) is 48.2 Å². The van der Waals surface area contributed by atoms with Gasteiger partial charge < -0.3 is 4.90 Å². The summed E-state index contributed by atoms with van der Waals surface area (Å²) in [5.41, 5.74) is 10.1. The Labute approximate surface area is 259 Å². The predicted molar refractivity (Wildman–Crippen MR) is 179 cm³/mol. The number of thiophene rings is 2. The molecule has 0 bridgehead atoms. The van der Waals surface area contributed by atoms with Crippen molar-refractivity contribution in [1.29, 1.82) is 10.5 Å². The minimum absolute atomic E-state index is 0.0249. The van der Waals surface area contributed by atoms with E-state index < -0.39 is 0 Å². The summed E-state index contributed by atoms with van der Waals surface area (Å²) in [7, 11) is 4.10. The van der Waals surface area contributed by atoms with Gasteiger partial charge in [0.2, 0.25) is 0 Å². The second-order valence-electron chi connectivity index (χ2n) is 11.2. The molecule has 0 unspecified atom stereocenters. The van der Waals surface area contributed by atoms with Crippen LogP contribution in [0.4, 0.5) is 5.69 Å². The Hall–Kier alpha value is -4.75. The fraction of sp³-hybridized carbons (Fsp3) is 0.162. The van der Waals surface area contributed by atoms with Gasteiger partial charge in [-0.3, -0.25) is 4.79 Å². The van der Waals surface area contributed by atoms with Crippen molar-refractivity contribution in [3.8, 4) is 12.1 Å². The number of hydrogen-bond acceptors (Lipinski definition) is 6. The Morgan fingerprint density at radius 2 is 1.40 bits per heavy atom. The molecule has 208 valence electrons. The van der Waals surface area contributed by atoms with Crippen LogP contribution in [-0.2, 0) is 12.8 Å². The largest absolute Gasteiger partial charge is 0.378 e. The van der Waals surface area contributed by atoms with Crippen LogP contribution in [0.3, 0.4) is 0 Å². The molecule has 2 heterocycles. The molecule has 43 heavy (non-hydrogen) atoms. The van der Waals surface area contributed by atoms with Crippen molar-refractivity contribution in [1.82, 2.24) is 0 Å². The van der Waals surface area contributed by atoms with Crippen LogP contribution in [0.1, 0.15) is 65.0 Å². The lowest BCUT2D eigenvalue weighted by atomic mass is 9.99. The highest BCUT2D eigenvalue weighted by Gasteiger charge is 2.33. The molecule has 2 aromatic carbocycles. The van der Waals surface area contributed by atoms with E-state index in [9.17, 15) is 15.3 Å². The maximum atomic E-state index is 13.4. The number of hydrogen-bond donors (Lipinski definition) is 0. The second kappa shape index (κ2) is 10.8. The summed E-state index contributed by atoms with van der Waals surface area (Å²) >= 11 is 3.60. The quantitative estimate of drug-likeness (QED) is 0.175. The summed E-state index contributed by atoms with van der Waals surface area (Å²) in [6.45, 7) is 0. The third-order valence-corrected chi connectivity index (χ3v) is 10.8. The summed E-state index contributed by atoms with van der Waals surface area (Å²) in [6, 6.07) is 24.4. The highest BCUT2D eigenvalue weighted by molar-refractivity contribution is 7.15. The number of allylic oxidation sites excluding steroid dienone is 5. The molecule has 4 nitrogen and oxygen atoms in total. The fourth-order valence-electron chi connectivity index (χ4n) is 6.31. The molecule has 0 amide bonds. The lowest BCUT2D eigenvalue weighted by molar-refractivity contribution is 0.104. The van der Waals surface area contributed by atoms with Gasteiger partial charge in [-0.25, -0.2) is 0 Å². The van der Waals surface area contributed by atoms with Crippen LogP contribution in [-0.4, -0.2) is 19.9 Å². The number of carbonyl (C=O) groups excluding carboxylic acids is 1. The van der Waals surface area contributed by atoms with Crippen molar-refractivity contribution in [2.75, 3.05) is 19.0 Å². The first-order valence-corrected chi connectivity index (χ1v) is 15.9. The van der Waals surface area contributed by atoms with E-state index in [4.69, 9.17) is 0 Å². The first kappa shape index (κ1) is 27.1. The Balaban J connectivity index is 1.20. The molecule has 0 fully saturated rings. The van der Waals surface area contributed by atoms with Gasteiger partial charge in [0.1, 0.15) is 17.7 Å². The van der Waals surface area contributed by atoms with E-state index in [1.807, 2.05) is 47.8 Å². The van der Waals surface area contributed by atoms with Gasteiger partial charge in [-0.2, -0.15) is 10.5 Å². The van der Waals surface area contributed by atoms with E-state index in [1.54, 1.807) is 17.4 Å². The number of nitriles is 2. The number of ketones is 1. The molecule has 3 aliphatic rings. The highest BCUT2D eigenvalue weighted by Crippen LogP contribution is 2.50. The molecule has 0 N–H and O–H groups in total. The number of rotatable bonds is 4. The molecule has 6 heteroatoms. The molecule has 3 aliphatic carbocycles. The van der Waals surface area contributed by atoms with Crippen LogP contribution in [0, 0.1) is 22.7 Å². The number of aryl methyl sites for hydroxylation is 2. The normalized spacial score (nSPS) is 17.7. The minimum atomic E-state index is -0.131. The molecule has 0 spiro atoms. The third kappa shape index (κ3) is 4.70. The molecule has 2 aromatic heterocycles. The van der Waals surface area contributed by atoms with E-state index in [0.717, 1.165) is 30.6 Å². The van der Waals surface area contributed by atoms with Crippen molar-refractivity contribution >= 4 is 69.1 Å². The van der Waals surface area contributed by atoms with Gasteiger partial charge in [0.05, 0.1) is 0 Å². The fourth-order valence-corrected chi connectivity index (χ4v) is 8.78. The van der Waals surface area contributed by atoms with Gasteiger partial charge in [-0.05, 0) is 95.5 Å². The van der Waals surface area contributed by atoms with E-state index >= 15 is 0 Å². The lowest BCUT2D eigenvalue weighted by Crippen LogP contribution is -2.07. The predicted octanol–water partition coefficient (Wildman–Crippen LogP) is 8.93. The number of nitrogens with zero attached hydrogens (tertiary/aromatic N) is 3. The Morgan fingerprint density at radius 3 is 2.02 bits per heavy atom. The zero-order chi connectivity index (χ0) is 29.7. The van der Waals surface area contributed by atoms with Crippen molar-refractivity contribution in [2.24, 2.45) is 0 Å². The smallest absolute Gasteiger partial charge is 0.194 e. The third-order valence-electron chi connectivity index (χ3n) is 8.42. The SMILES string of the molecule is CN(C)c1ccc(/C=C/c2cc3c(s2)/C(=C2\CCc4cc(/C=C5\C(=O)c6ccccc6C5=C(C#N)C#N)sc42)CC3)cc1. The molecule has 7 rings (SSSR count). The van der Waals surface area contributed by atoms with Crippen molar-refractivity contribution < 1.29 is 4.79 Å². The molecule has 0 saturated heterocycles. The molecule has 0 saturated carbocycles. The van der Waals surface area contributed by atoms with Crippen molar-refractivity contribution in [2.45, 2.75) is 25.7 Å². The van der Waals surface area contributed by atoms with Gasteiger partial charge in [0.25, 0.3) is 0 Å². The second-order valence-corrected chi connectivity index (χ2v) is 13.4. The maximum Gasteiger partial charge on any atom is 0.194 e. The number of anilines is 1. The topological polar surface area (TPSA) is 67.9 Å². The van der Waals surface area contributed by atoms with Gasteiger partial charge in [0.15, 0.2) is 5.78 Å². The number of Topliss-reactive ketones (excluding diaryl/α,β-unsaturated/α-hetero) is 1. The average molecular weight is 594 g/mol. The summed E-state index contributed by atoms with van der Waals surface area (Å²) in [4.78, 5) is 20.5. The molecule has 0 radical (unpaired) electrons. The monoisotopic (exact) mass is 593 g/mol. The Morgan fingerprint density at radius 1 is 0.791 bits per heavy atom. The van der Waals surface area contributed by atoms with E-state index in [-0.39, 0.29) is 11.4 Å². The van der Waals surface area contributed by atoms with Crippen LogP contribution in [0.5, 0.6) is 0 Å². The summed E-state index contributed by atoms with van der Waals surface area (Å²) in [5.74, 6) is -0.131. The van der Waals surface area contributed by atoms with Crippen LogP contribution >= 0.6 is 22.7 Å². The first-order chi connectivity index (χ1) is 20.9. The number of carbonyl (C=O) groups is 1. The first-order valence-electron chi connectivity index (χ1n) is 14.3. The van der Waals surface area contributed by atoms with Gasteiger partial charge in [-0.1, -0.05) is 42.5 Å². The average Bonchev–Trinajstić information content (AvgIpc) is 3.82. The number of benzene rings is 2. The molecular weight excluding hydrogens is 567 g/mol. The molecule has 4 aromatic rings. The standard InChI is InChI=1S/C37H27N3OS2/c1-40(2)26-12-7-22(8-13-26)9-14-27-17-23-10-15-31(36(23)42-27)32-16-11-24-18-28(43-37(24)32)19-33-34(25(20-38)21-39)29-5-3-4-6-30(29)35(33)41/h3-9,12-14,17-19H,10-11,15-16H2,1-2H3/b14-9+,32-31+,33-19-. The van der Waals surface area contributed by atoms with Crippen LogP contribution in [0.25, 0.3) is 34.9 Å². The minimum Gasteiger partial charge on any atom is -0.378 e. The molecular formula is C37H27N3OS2. The summed E-state index contributed by atoms with van der Waals surface area (Å²) in [6.07, 6.45) is 10.5. The zero-order valence-corrected chi connectivity index (χ0v) is 25.5. The lowest BCUT2D eigenvalue weighted by Gasteiger charge is -2.11. The van der Waals surface area contributed by atoms with Crippen molar-refractivity contribution in [3.05, 3.63) is 119 Å². The van der Waals surface area contributed by atoms with Crippen LogP contribution < -0.4 is 4.90 Å². The zero-order valence-electron chi connectivity index (χ0n) is 23.9. The Kier molecular flexibility index (Phi) is 6.82. The van der Waals surface area contributed by atoms with E-state index in [2.05, 4.69) is 67.5 Å². The highest BCUT2D eigenvalue weighted by atomic mass is 32.1. The van der Waals surface area contributed by atoms with Crippen LogP contribution in [0.15, 0.2) is 71.8 Å². The van der Waals surface area contributed by atoms with Gasteiger partial charge in [0, 0.05) is 56.0 Å². The summed E-state index contributed by atoms with van der Waals surface area (Å²) < 4.78 is 0. The van der Waals surface area contributed by atoms with Crippen LogP contribution in [0.2, 0.25) is 0 Å². The van der Waals surface area contributed by atoms with Crippen molar-refractivity contribution in [3.63, 3.8) is 0 Å². The van der Waals surface area contributed by atoms with Gasteiger partial charge in [-0.15, -0.1) is 22.7 Å². The Bertz CT molecular complexity index is 2020. The molecule has 0 atom stereocenters.